The lowest BCUT2D eigenvalue weighted by molar-refractivity contribution is -0.0664. The minimum absolute atomic E-state index is 0.337. The number of rotatable bonds is 2. The first-order valence-electron chi connectivity index (χ1n) is 6.65. The third-order valence-corrected chi connectivity index (χ3v) is 4.87. The molecule has 0 amide bonds. The van der Waals surface area contributed by atoms with Crippen LogP contribution < -0.4 is 5.73 Å². The molecule has 0 aromatic rings. The fraction of sp³-hybridized carbons (Fsp3) is 1.00. The van der Waals surface area contributed by atoms with Gasteiger partial charge < -0.3 is 5.73 Å². The number of hydrogen-bond acceptors (Lipinski definition) is 3. The molecule has 94 valence electrons. The summed E-state index contributed by atoms with van der Waals surface area (Å²) in [6.07, 6.45) is 2.60. The van der Waals surface area contributed by atoms with Crippen molar-refractivity contribution >= 4 is 0 Å². The molecular weight excluding hydrogens is 198 g/mol. The van der Waals surface area contributed by atoms with Crippen LogP contribution in [0.15, 0.2) is 0 Å². The summed E-state index contributed by atoms with van der Waals surface area (Å²) in [6, 6.07) is 1.31. The van der Waals surface area contributed by atoms with Crippen LogP contribution >= 0.6 is 0 Å². The molecule has 3 heteroatoms. The summed E-state index contributed by atoms with van der Waals surface area (Å²) < 4.78 is 0. The maximum atomic E-state index is 6.03. The number of piperazine rings is 1. The lowest BCUT2D eigenvalue weighted by Crippen LogP contribution is -2.68. The second-order valence-corrected chi connectivity index (χ2v) is 6.21. The van der Waals surface area contributed by atoms with Gasteiger partial charge in [0, 0.05) is 37.3 Å². The molecule has 0 aromatic carbocycles. The Hall–Kier alpha value is -0.120. The number of likely N-dealkylation sites (N-methyl/N-ethyl adjacent to an activating group) is 1. The Balaban J connectivity index is 2.04. The smallest absolute Gasteiger partial charge is 0.0338 e. The van der Waals surface area contributed by atoms with Gasteiger partial charge >= 0.3 is 0 Å². The molecule has 1 aliphatic heterocycles. The molecule has 0 bridgehead atoms. The fourth-order valence-corrected chi connectivity index (χ4v) is 3.58. The number of hydrogen-bond donors (Lipinski definition) is 1. The van der Waals surface area contributed by atoms with Gasteiger partial charge in [-0.3, -0.25) is 9.80 Å². The van der Waals surface area contributed by atoms with E-state index in [1.165, 1.54) is 25.9 Å². The molecular formula is C13H27N3. The molecule has 16 heavy (non-hydrogen) atoms. The molecule has 2 fully saturated rings. The molecule has 2 atom stereocenters. The molecule has 0 radical (unpaired) electrons. The van der Waals surface area contributed by atoms with Crippen LogP contribution in [0.25, 0.3) is 0 Å². The number of nitrogens with two attached hydrogens (primary N) is 1. The van der Waals surface area contributed by atoms with Gasteiger partial charge in [-0.15, -0.1) is 0 Å². The Bertz CT molecular complexity index is 236. The average molecular weight is 225 g/mol. The molecule has 3 nitrogen and oxygen atoms in total. The zero-order valence-corrected chi connectivity index (χ0v) is 11.2. The molecule has 2 N–H and O–H groups in total. The van der Waals surface area contributed by atoms with Crippen molar-refractivity contribution in [2.24, 2.45) is 11.7 Å². The highest BCUT2D eigenvalue weighted by Gasteiger charge is 2.47. The van der Waals surface area contributed by atoms with E-state index in [1.807, 2.05) is 0 Å². The van der Waals surface area contributed by atoms with Crippen molar-refractivity contribution in [1.82, 2.24) is 9.80 Å². The average Bonchev–Trinajstić information content (AvgIpc) is 2.20. The first kappa shape index (κ1) is 12.3. The fourth-order valence-electron chi connectivity index (χ4n) is 3.58. The van der Waals surface area contributed by atoms with E-state index in [4.69, 9.17) is 5.73 Å². The number of nitrogens with zero attached hydrogens (tertiary/aromatic N) is 2. The van der Waals surface area contributed by atoms with Gasteiger partial charge in [0.05, 0.1) is 0 Å². The summed E-state index contributed by atoms with van der Waals surface area (Å²) in [5, 5.41) is 0. The van der Waals surface area contributed by atoms with E-state index in [-0.39, 0.29) is 0 Å². The van der Waals surface area contributed by atoms with E-state index in [0.717, 1.165) is 12.5 Å². The molecule has 1 saturated carbocycles. The summed E-state index contributed by atoms with van der Waals surface area (Å²) in [5.41, 5.74) is 6.37. The molecule has 2 aliphatic rings. The molecule has 1 aliphatic carbocycles. The van der Waals surface area contributed by atoms with Gasteiger partial charge in [0.2, 0.25) is 0 Å². The zero-order chi connectivity index (χ0) is 11.9. The Morgan fingerprint density at radius 3 is 2.00 bits per heavy atom. The Morgan fingerprint density at radius 2 is 1.62 bits per heavy atom. The van der Waals surface area contributed by atoms with E-state index in [0.29, 0.717) is 17.6 Å². The molecule has 1 saturated heterocycles. The zero-order valence-electron chi connectivity index (χ0n) is 11.2. The quantitative estimate of drug-likeness (QED) is 0.765. The van der Waals surface area contributed by atoms with Crippen LogP contribution in [0.1, 0.15) is 33.6 Å². The van der Waals surface area contributed by atoms with Gasteiger partial charge in [0.25, 0.3) is 0 Å². The molecule has 2 unspecified atom stereocenters. The monoisotopic (exact) mass is 225 g/mol. The SMILES string of the molecule is CC1CC(CN)(N2CC(C)N(C)C(C)C2)C1. The van der Waals surface area contributed by atoms with E-state index < -0.39 is 0 Å². The Kier molecular flexibility index (Phi) is 3.30. The van der Waals surface area contributed by atoms with Crippen LogP contribution in [0.3, 0.4) is 0 Å². The van der Waals surface area contributed by atoms with Gasteiger partial charge in [-0.1, -0.05) is 6.92 Å². The van der Waals surface area contributed by atoms with Crippen LogP contribution in [0.5, 0.6) is 0 Å². The van der Waals surface area contributed by atoms with E-state index >= 15 is 0 Å². The normalized spacial score (nSPS) is 46.7. The highest BCUT2D eigenvalue weighted by atomic mass is 15.3. The standard InChI is InChI=1S/C13H27N3/c1-10-5-13(6-10,9-14)16-7-11(2)15(4)12(3)8-16/h10-12H,5-9,14H2,1-4H3. The molecule has 1 heterocycles. The maximum absolute atomic E-state index is 6.03. The highest BCUT2D eigenvalue weighted by molar-refractivity contribution is 5.04. The van der Waals surface area contributed by atoms with Gasteiger partial charge in [0.1, 0.15) is 0 Å². The Labute approximate surface area is 100.0 Å². The molecule has 0 spiro atoms. The van der Waals surface area contributed by atoms with Crippen molar-refractivity contribution in [1.29, 1.82) is 0 Å². The second kappa shape index (κ2) is 4.28. The first-order valence-corrected chi connectivity index (χ1v) is 6.65. The molecule has 0 aromatic heterocycles. The summed E-state index contributed by atoms with van der Waals surface area (Å²) >= 11 is 0. The van der Waals surface area contributed by atoms with Crippen molar-refractivity contribution in [2.75, 3.05) is 26.7 Å². The van der Waals surface area contributed by atoms with Crippen molar-refractivity contribution < 1.29 is 0 Å². The van der Waals surface area contributed by atoms with E-state index in [9.17, 15) is 0 Å². The van der Waals surface area contributed by atoms with Gasteiger partial charge in [0.15, 0.2) is 0 Å². The topological polar surface area (TPSA) is 32.5 Å². The van der Waals surface area contributed by atoms with Crippen LogP contribution in [0.2, 0.25) is 0 Å². The van der Waals surface area contributed by atoms with Crippen LogP contribution in [0, 0.1) is 5.92 Å². The predicted molar refractivity (Wildman–Crippen MR) is 68.4 cm³/mol. The lowest BCUT2D eigenvalue weighted by Gasteiger charge is -2.57. The summed E-state index contributed by atoms with van der Waals surface area (Å²) in [4.78, 5) is 5.16. The van der Waals surface area contributed by atoms with Crippen molar-refractivity contribution in [3.8, 4) is 0 Å². The summed E-state index contributed by atoms with van der Waals surface area (Å²) in [7, 11) is 2.24. The van der Waals surface area contributed by atoms with Crippen molar-refractivity contribution in [3.63, 3.8) is 0 Å². The van der Waals surface area contributed by atoms with Crippen molar-refractivity contribution in [2.45, 2.75) is 51.2 Å². The largest absolute Gasteiger partial charge is 0.329 e. The van der Waals surface area contributed by atoms with Crippen LogP contribution in [0.4, 0.5) is 0 Å². The summed E-state index contributed by atoms with van der Waals surface area (Å²) in [5.74, 6) is 0.869. The summed E-state index contributed by atoms with van der Waals surface area (Å²) in [6.45, 7) is 10.2. The Morgan fingerprint density at radius 1 is 1.12 bits per heavy atom. The minimum Gasteiger partial charge on any atom is -0.329 e. The van der Waals surface area contributed by atoms with Crippen LogP contribution in [-0.2, 0) is 0 Å². The molecule has 2 rings (SSSR count). The van der Waals surface area contributed by atoms with Gasteiger partial charge in [-0.2, -0.15) is 0 Å². The first-order chi connectivity index (χ1) is 7.48. The van der Waals surface area contributed by atoms with Crippen LogP contribution in [-0.4, -0.2) is 54.1 Å². The van der Waals surface area contributed by atoms with E-state index in [1.54, 1.807) is 0 Å². The third kappa shape index (κ3) is 1.89. The lowest BCUT2D eigenvalue weighted by atomic mass is 9.67. The minimum atomic E-state index is 0.337. The van der Waals surface area contributed by atoms with Gasteiger partial charge in [-0.25, -0.2) is 0 Å². The second-order valence-electron chi connectivity index (χ2n) is 6.21. The van der Waals surface area contributed by atoms with Gasteiger partial charge in [-0.05, 0) is 39.7 Å². The highest BCUT2D eigenvalue weighted by Crippen LogP contribution is 2.42. The third-order valence-electron chi connectivity index (χ3n) is 4.87. The van der Waals surface area contributed by atoms with Crippen molar-refractivity contribution in [3.05, 3.63) is 0 Å². The van der Waals surface area contributed by atoms with E-state index in [2.05, 4.69) is 37.6 Å². The maximum Gasteiger partial charge on any atom is 0.0338 e. The predicted octanol–water partition coefficient (Wildman–Crippen LogP) is 1.14.